The first-order chi connectivity index (χ1) is 10.6. The first kappa shape index (κ1) is 14.9. The molecule has 0 saturated heterocycles. The standard InChI is InChI=1S/C17H17F2NO2/c18-13-7-12(8-14(19)9-13)17(16(22)10-21)20-6-5-11-3-1-2-4-15(11)20/h1-4,7-9,16-17,21-22H,5-6,10H2/t16-,17+/m1/s1. The van der Waals surface area contributed by atoms with Crippen LogP contribution in [0.15, 0.2) is 42.5 Å². The molecule has 0 fully saturated rings. The molecule has 0 amide bonds. The van der Waals surface area contributed by atoms with E-state index in [2.05, 4.69) is 0 Å². The van der Waals surface area contributed by atoms with Crippen LogP contribution in [0.4, 0.5) is 14.5 Å². The number of hydrogen-bond acceptors (Lipinski definition) is 3. The Morgan fingerprint density at radius 3 is 2.45 bits per heavy atom. The molecule has 0 spiro atoms. The summed E-state index contributed by atoms with van der Waals surface area (Å²) >= 11 is 0. The molecule has 1 heterocycles. The Hall–Kier alpha value is -1.98. The second kappa shape index (κ2) is 6.02. The highest BCUT2D eigenvalue weighted by molar-refractivity contribution is 5.59. The van der Waals surface area contributed by atoms with Crippen LogP contribution in [-0.4, -0.2) is 29.5 Å². The van der Waals surface area contributed by atoms with Gasteiger partial charge < -0.3 is 15.1 Å². The lowest BCUT2D eigenvalue weighted by Gasteiger charge is -2.33. The molecule has 0 saturated carbocycles. The maximum Gasteiger partial charge on any atom is 0.126 e. The maximum atomic E-state index is 13.5. The van der Waals surface area contributed by atoms with E-state index in [0.717, 1.165) is 23.7 Å². The van der Waals surface area contributed by atoms with Crippen molar-refractivity contribution in [2.45, 2.75) is 18.6 Å². The molecule has 5 heteroatoms. The van der Waals surface area contributed by atoms with Gasteiger partial charge in [-0.15, -0.1) is 0 Å². The van der Waals surface area contributed by atoms with Gasteiger partial charge in [-0.25, -0.2) is 8.78 Å². The Morgan fingerprint density at radius 1 is 1.09 bits per heavy atom. The van der Waals surface area contributed by atoms with Gasteiger partial charge in [0.15, 0.2) is 0 Å². The third-order valence-electron chi connectivity index (χ3n) is 4.04. The van der Waals surface area contributed by atoms with Crippen molar-refractivity contribution in [1.29, 1.82) is 0 Å². The van der Waals surface area contributed by atoms with Crippen molar-refractivity contribution in [2.24, 2.45) is 0 Å². The number of fused-ring (bicyclic) bond motifs is 1. The van der Waals surface area contributed by atoms with Crippen LogP contribution in [0.5, 0.6) is 0 Å². The van der Waals surface area contributed by atoms with Gasteiger partial charge in [-0.3, -0.25) is 0 Å². The van der Waals surface area contributed by atoms with Crippen LogP contribution in [0.2, 0.25) is 0 Å². The molecule has 0 bridgehead atoms. The van der Waals surface area contributed by atoms with Crippen LogP contribution >= 0.6 is 0 Å². The minimum Gasteiger partial charge on any atom is -0.394 e. The Bertz CT molecular complexity index is 657. The molecular formula is C17H17F2NO2. The lowest BCUT2D eigenvalue weighted by Crippen LogP contribution is -2.37. The van der Waals surface area contributed by atoms with Gasteiger partial charge in [-0.2, -0.15) is 0 Å². The molecule has 0 radical (unpaired) electrons. The van der Waals surface area contributed by atoms with Crippen molar-refractivity contribution < 1.29 is 19.0 Å². The molecule has 3 nitrogen and oxygen atoms in total. The Morgan fingerprint density at radius 2 is 1.77 bits per heavy atom. The Kier molecular flexibility index (Phi) is 4.09. The number of anilines is 1. The van der Waals surface area contributed by atoms with Crippen molar-refractivity contribution in [3.05, 3.63) is 65.2 Å². The highest BCUT2D eigenvalue weighted by Crippen LogP contribution is 2.37. The maximum absolute atomic E-state index is 13.5. The Balaban J connectivity index is 2.05. The van der Waals surface area contributed by atoms with Gasteiger partial charge in [0.2, 0.25) is 0 Å². The molecular weight excluding hydrogens is 288 g/mol. The van der Waals surface area contributed by atoms with Crippen LogP contribution in [0, 0.1) is 11.6 Å². The largest absolute Gasteiger partial charge is 0.394 e. The lowest BCUT2D eigenvalue weighted by molar-refractivity contribution is 0.0715. The predicted molar refractivity (Wildman–Crippen MR) is 79.7 cm³/mol. The van der Waals surface area contributed by atoms with E-state index < -0.39 is 30.4 Å². The minimum absolute atomic E-state index is 0.316. The SMILES string of the molecule is OC[C@@H](O)[C@H](c1cc(F)cc(F)c1)N1CCc2ccccc21. The third-order valence-corrected chi connectivity index (χ3v) is 4.04. The molecule has 22 heavy (non-hydrogen) atoms. The van der Waals surface area contributed by atoms with Crippen LogP contribution in [-0.2, 0) is 6.42 Å². The zero-order valence-electron chi connectivity index (χ0n) is 11.9. The quantitative estimate of drug-likeness (QED) is 0.912. The van der Waals surface area contributed by atoms with Crippen LogP contribution in [0.3, 0.4) is 0 Å². The van der Waals surface area contributed by atoms with Crippen molar-refractivity contribution in [3.8, 4) is 0 Å². The van der Waals surface area contributed by atoms with Gasteiger partial charge in [-0.1, -0.05) is 18.2 Å². The van der Waals surface area contributed by atoms with Crippen LogP contribution in [0.25, 0.3) is 0 Å². The zero-order valence-corrected chi connectivity index (χ0v) is 11.9. The second-order valence-corrected chi connectivity index (χ2v) is 5.47. The molecule has 2 N–H and O–H groups in total. The summed E-state index contributed by atoms with van der Waals surface area (Å²) in [6.07, 6.45) is -0.338. The predicted octanol–water partition coefficient (Wildman–Crippen LogP) is 2.42. The van der Waals surface area contributed by atoms with E-state index in [1.54, 1.807) is 0 Å². The van der Waals surface area contributed by atoms with E-state index >= 15 is 0 Å². The number of para-hydroxylation sites is 1. The summed E-state index contributed by atoms with van der Waals surface area (Å²) in [6.45, 7) is 0.140. The fourth-order valence-corrected chi connectivity index (χ4v) is 3.11. The molecule has 1 aliphatic rings. The number of benzene rings is 2. The smallest absolute Gasteiger partial charge is 0.126 e. The van der Waals surface area contributed by atoms with E-state index in [0.29, 0.717) is 12.1 Å². The van der Waals surface area contributed by atoms with Gasteiger partial charge >= 0.3 is 0 Å². The van der Waals surface area contributed by atoms with Gasteiger partial charge in [0.25, 0.3) is 0 Å². The topological polar surface area (TPSA) is 43.7 Å². The van der Waals surface area contributed by atoms with Crippen molar-refractivity contribution in [2.75, 3.05) is 18.1 Å². The van der Waals surface area contributed by atoms with Crippen molar-refractivity contribution >= 4 is 5.69 Å². The molecule has 0 aromatic heterocycles. The number of halogens is 2. The van der Waals surface area contributed by atoms with Crippen molar-refractivity contribution in [3.63, 3.8) is 0 Å². The normalized spacial score (nSPS) is 16.5. The second-order valence-electron chi connectivity index (χ2n) is 5.47. The average molecular weight is 305 g/mol. The number of hydrogen-bond donors (Lipinski definition) is 2. The molecule has 116 valence electrons. The monoisotopic (exact) mass is 305 g/mol. The Labute approximate surface area is 127 Å². The highest BCUT2D eigenvalue weighted by atomic mass is 19.1. The third kappa shape index (κ3) is 2.69. The zero-order chi connectivity index (χ0) is 15.7. The summed E-state index contributed by atoms with van der Waals surface area (Å²) in [4.78, 5) is 1.89. The highest BCUT2D eigenvalue weighted by Gasteiger charge is 2.32. The molecule has 2 aromatic carbocycles. The van der Waals surface area contributed by atoms with E-state index in [1.807, 2.05) is 29.2 Å². The summed E-state index contributed by atoms with van der Waals surface area (Å²) in [6, 6.07) is 10.2. The van der Waals surface area contributed by atoms with E-state index in [4.69, 9.17) is 0 Å². The number of nitrogens with zero attached hydrogens (tertiary/aromatic N) is 1. The van der Waals surface area contributed by atoms with Crippen molar-refractivity contribution in [1.82, 2.24) is 0 Å². The molecule has 0 aliphatic carbocycles. The summed E-state index contributed by atoms with van der Waals surface area (Å²) in [7, 11) is 0. The van der Waals surface area contributed by atoms with E-state index in [-0.39, 0.29) is 0 Å². The summed E-state index contributed by atoms with van der Waals surface area (Å²) in [5, 5.41) is 19.6. The summed E-state index contributed by atoms with van der Waals surface area (Å²) in [5.74, 6) is -1.39. The molecule has 1 aliphatic heterocycles. The molecule has 2 aromatic rings. The molecule has 3 rings (SSSR count). The van der Waals surface area contributed by atoms with E-state index in [9.17, 15) is 19.0 Å². The average Bonchev–Trinajstić information content (AvgIpc) is 2.90. The van der Waals surface area contributed by atoms with Gasteiger partial charge in [0.1, 0.15) is 17.7 Å². The number of aliphatic hydroxyl groups is 2. The lowest BCUT2D eigenvalue weighted by atomic mass is 9.99. The van der Waals surface area contributed by atoms with Gasteiger partial charge in [0.05, 0.1) is 12.6 Å². The molecule has 2 atom stereocenters. The van der Waals surface area contributed by atoms with Crippen LogP contribution < -0.4 is 4.90 Å². The number of rotatable bonds is 4. The van der Waals surface area contributed by atoms with Crippen LogP contribution in [0.1, 0.15) is 17.2 Å². The summed E-state index contributed by atoms with van der Waals surface area (Å²) < 4.78 is 27.1. The minimum atomic E-state index is -1.13. The van der Waals surface area contributed by atoms with Gasteiger partial charge in [0, 0.05) is 18.3 Å². The first-order valence-electron chi connectivity index (χ1n) is 7.19. The summed E-state index contributed by atoms with van der Waals surface area (Å²) in [5.41, 5.74) is 2.36. The number of aliphatic hydroxyl groups excluding tert-OH is 2. The fraction of sp³-hybridized carbons (Fsp3) is 0.294. The first-order valence-corrected chi connectivity index (χ1v) is 7.19. The fourth-order valence-electron chi connectivity index (χ4n) is 3.11. The van der Waals surface area contributed by atoms with E-state index in [1.165, 1.54) is 12.1 Å². The van der Waals surface area contributed by atoms with Gasteiger partial charge in [-0.05, 0) is 35.7 Å². The molecule has 0 unspecified atom stereocenters.